The van der Waals surface area contributed by atoms with E-state index in [4.69, 9.17) is 0 Å². The van der Waals surface area contributed by atoms with E-state index in [1.54, 1.807) is 0 Å². The molecule has 1 aromatic carbocycles. The van der Waals surface area contributed by atoms with Crippen LogP contribution in [0.15, 0.2) is 24.3 Å². The van der Waals surface area contributed by atoms with Crippen molar-refractivity contribution in [1.29, 1.82) is 0 Å². The minimum absolute atomic E-state index is 0.289. The maximum absolute atomic E-state index is 11.9. The molecule has 0 spiro atoms. The first-order valence-corrected chi connectivity index (χ1v) is 7.01. The summed E-state index contributed by atoms with van der Waals surface area (Å²) in [7, 11) is 1.95. The summed E-state index contributed by atoms with van der Waals surface area (Å²) >= 11 is 0. The zero-order valence-corrected chi connectivity index (χ0v) is 11.6. The number of hydrogen-bond acceptors (Lipinski definition) is 1. The predicted octanol–water partition coefficient (Wildman–Crippen LogP) is 3.36. The molecule has 0 unspecified atom stereocenters. The van der Waals surface area contributed by atoms with Gasteiger partial charge in [0.05, 0.1) is 0 Å². The minimum Gasteiger partial charge on any atom is -0.342 e. The van der Waals surface area contributed by atoms with Crippen molar-refractivity contribution in [2.24, 2.45) is 0 Å². The third kappa shape index (κ3) is 2.74. The number of rotatable bonds is 5. The topological polar surface area (TPSA) is 20.3 Å². The molecule has 0 radical (unpaired) electrons. The van der Waals surface area contributed by atoms with Crippen molar-refractivity contribution < 1.29 is 4.79 Å². The number of carbonyl (C=O) groups is 1. The van der Waals surface area contributed by atoms with Gasteiger partial charge in [-0.2, -0.15) is 0 Å². The molecule has 2 heteroatoms. The molecule has 1 saturated carbocycles. The largest absolute Gasteiger partial charge is 0.342 e. The second-order valence-corrected chi connectivity index (χ2v) is 5.26. The van der Waals surface area contributed by atoms with Crippen LogP contribution in [-0.4, -0.2) is 23.9 Å². The number of amides is 1. The highest BCUT2D eigenvalue weighted by Crippen LogP contribution is 2.44. The van der Waals surface area contributed by atoms with Crippen LogP contribution in [0.1, 0.15) is 50.2 Å². The molecule has 1 aliphatic carbocycles. The molecule has 1 amide bonds. The van der Waals surface area contributed by atoms with E-state index >= 15 is 0 Å². The van der Waals surface area contributed by atoms with Crippen molar-refractivity contribution in [3.8, 4) is 0 Å². The van der Waals surface area contributed by atoms with E-state index in [2.05, 4.69) is 38.1 Å². The Labute approximate surface area is 110 Å². The summed E-state index contributed by atoms with van der Waals surface area (Å²) in [6, 6.07) is 9.23. The fraction of sp³-hybridized carbons (Fsp3) is 0.562. The third-order valence-corrected chi connectivity index (χ3v) is 3.90. The van der Waals surface area contributed by atoms with Crippen molar-refractivity contribution in [3.63, 3.8) is 0 Å². The Balaban J connectivity index is 1.99. The molecule has 0 aromatic heterocycles. The summed E-state index contributed by atoms with van der Waals surface area (Å²) in [5, 5.41) is 0. The molecule has 2 atom stereocenters. The number of aryl methyl sites for hydroxylation is 1. The lowest BCUT2D eigenvalue weighted by atomic mass is 10.1. The van der Waals surface area contributed by atoms with Crippen molar-refractivity contribution in [2.75, 3.05) is 7.05 Å². The monoisotopic (exact) mass is 245 g/mol. The van der Waals surface area contributed by atoms with Crippen molar-refractivity contribution in [3.05, 3.63) is 35.4 Å². The lowest BCUT2D eigenvalue weighted by Gasteiger charge is -2.17. The maximum Gasteiger partial charge on any atom is 0.222 e. The second-order valence-electron chi connectivity index (χ2n) is 5.26. The van der Waals surface area contributed by atoms with Crippen LogP contribution in [0, 0.1) is 0 Å². The fourth-order valence-corrected chi connectivity index (χ4v) is 2.59. The summed E-state index contributed by atoms with van der Waals surface area (Å²) in [5.74, 6) is 0.846. The van der Waals surface area contributed by atoms with E-state index in [0.29, 0.717) is 18.4 Å². The molecule has 18 heavy (non-hydrogen) atoms. The van der Waals surface area contributed by atoms with Gasteiger partial charge in [0, 0.05) is 25.4 Å². The Bertz CT molecular complexity index is 427. The standard InChI is InChI=1S/C16H23NO/c1-4-7-16(18)17(3)15-11-14(15)13-9-6-8-12(5-2)10-13/h6,8-10,14-15H,4-5,7,11H2,1-3H3/t14-,15+/m0/s1. The van der Waals surface area contributed by atoms with Crippen LogP contribution in [0.2, 0.25) is 0 Å². The average Bonchev–Trinajstić information content (AvgIpc) is 3.18. The van der Waals surface area contributed by atoms with E-state index in [9.17, 15) is 4.79 Å². The zero-order chi connectivity index (χ0) is 13.1. The third-order valence-electron chi connectivity index (χ3n) is 3.90. The van der Waals surface area contributed by atoms with Crippen molar-refractivity contribution in [1.82, 2.24) is 4.90 Å². The highest BCUT2D eigenvalue weighted by molar-refractivity contribution is 5.76. The van der Waals surface area contributed by atoms with Crippen LogP contribution in [0.5, 0.6) is 0 Å². The van der Waals surface area contributed by atoms with E-state index < -0.39 is 0 Å². The van der Waals surface area contributed by atoms with Gasteiger partial charge in [-0.25, -0.2) is 0 Å². The number of likely N-dealkylation sites (N-methyl/N-ethyl adjacent to an activating group) is 1. The zero-order valence-electron chi connectivity index (χ0n) is 11.6. The SMILES string of the molecule is CCCC(=O)N(C)[C@@H]1C[C@H]1c1cccc(CC)c1. The molecule has 1 fully saturated rings. The molecule has 1 aliphatic rings. The van der Waals surface area contributed by atoms with Crippen LogP contribution < -0.4 is 0 Å². The van der Waals surface area contributed by atoms with Gasteiger partial charge in [0.1, 0.15) is 0 Å². The van der Waals surface area contributed by atoms with Crippen molar-refractivity contribution >= 4 is 5.91 Å². The normalized spacial score (nSPS) is 21.7. The second kappa shape index (κ2) is 5.55. The van der Waals surface area contributed by atoms with Gasteiger partial charge in [-0.05, 0) is 30.4 Å². The molecule has 0 bridgehead atoms. The molecular weight excluding hydrogens is 222 g/mol. The number of benzene rings is 1. The predicted molar refractivity (Wildman–Crippen MR) is 74.6 cm³/mol. The Morgan fingerprint density at radius 2 is 2.17 bits per heavy atom. The molecule has 0 saturated heterocycles. The highest BCUT2D eigenvalue weighted by atomic mass is 16.2. The Kier molecular flexibility index (Phi) is 4.05. The van der Waals surface area contributed by atoms with E-state index in [0.717, 1.165) is 19.3 Å². The average molecular weight is 245 g/mol. The summed E-state index contributed by atoms with van der Waals surface area (Å²) in [6.45, 7) is 4.24. The van der Waals surface area contributed by atoms with Crippen LogP contribution in [-0.2, 0) is 11.2 Å². The van der Waals surface area contributed by atoms with Gasteiger partial charge in [0.2, 0.25) is 5.91 Å². The lowest BCUT2D eigenvalue weighted by molar-refractivity contribution is -0.130. The van der Waals surface area contributed by atoms with E-state index in [-0.39, 0.29) is 5.91 Å². The van der Waals surface area contributed by atoms with Crippen LogP contribution in [0.3, 0.4) is 0 Å². The van der Waals surface area contributed by atoms with Gasteiger partial charge in [-0.1, -0.05) is 38.1 Å². The van der Waals surface area contributed by atoms with Gasteiger partial charge >= 0.3 is 0 Å². The van der Waals surface area contributed by atoms with E-state index in [1.165, 1.54) is 11.1 Å². The Morgan fingerprint density at radius 1 is 1.39 bits per heavy atom. The lowest BCUT2D eigenvalue weighted by Crippen LogP contribution is -2.29. The Hall–Kier alpha value is -1.31. The number of hydrogen-bond donors (Lipinski definition) is 0. The molecule has 0 N–H and O–H groups in total. The summed E-state index contributed by atoms with van der Waals surface area (Å²) < 4.78 is 0. The summed E-state index contributed by atoms with van der Waals surface area (Å²) in [4.78, 5) is 13.8. The van der Waals surface area contributed by atoms with E-state index in [1.807, 2.05) is 11.9 Å². The van der Waals surface area contributed by atoms with Gasteiger partial charge in [0.25, 0.3) is 0 Å². The first-order chi connectivity index (χ1) is 8.67. The van der Waals surface area contributed by atoms with Gasteiger partial charge in [0.15, 0.2) is 0 Å². The minimum atomic E-state index is 0.289. The molecule has 0 aliphatic heterocycles. The fourth-order valence-electron chi connectivity index (χ4n) is 2.59. The number of nitrogens with zero attached hydrogens (tertiary/aromatic N) is 1. The molecule has 0 heterocycles. The summed E-state index contributed by atoms with van der Waals surface area (Å²) in [5.41, 5.74) is 2.79. The molecule has 2 nitrogen and oxygen atoms in total. The molecular formula is C16H23NO. The quantitative estimate of drug-likeness (QED) is 0.779. The van der Waals surface area contributed by atoms with Gasteiger partial charge in [-0.15, -0.1) is 0 Å². The molecule has 98 valence electrons. The first kappa shape index (κ1) is 13.1. The van der Waals surface area contributed by atoms with Crippen molar-refractivity contribution in [2.45, 2.75) is 51.5 Å². The van der Waals surface area contributed by atoms with Gasteiger partial charge in [-0.3, -0.25) is 4.79 Å². The van der Waals surface area contributed by atoms with Crippen LogP contribution >= 0.6 is 0 Å². The number of carbonyl (C=O) groups excluding carboxylic acids is 1. The smallest absolute Gasteiger partial charge is 0.222 e. The maximum atomic E-state index is 11.9. The van der Waals surface area contributed by atoms with Crippen LogP contribution in [0.4, 0.5) is 0 Å². The van der Waals surface area contributed by atoms with Crippen LogP contribution in [0.25, 0.3) is 0 Å². The summed E-state index contributed by atoms with van der Waals surface area (Å²) in [6.07, 6.45) is 3.82. The molecule has 2 rings (SSSR count). The first-order valence-electron chi connectivity index (χ1n) is 7.01. The highest BCUT2D eigenvalue weighted by Gasteiger charge is 2.42. The molecule has 1 aromatic rings. The van der Waals surface area contributed by atoms with Gasteiger partial charge < -0.3 is 4.90 Å². The Morgan fingerprint density at radius 3 is 2.83 bits per heavy atom.